The number of hydrogen-bond acceptors (Lipinski definition) is 3. The molecule has 3 rings (SSSR count). The molecule has 1 aromatic carbocycles. The summed E-state index contributed by atoms with van der Waals surface area (Å²) in [7, 11) is 1.39. The highest BCUT2D eigenvalue weighted by Gasteiger charge is 2.26. The number of piperidine rings is 1. The molecule has 1 saturated heterocycles. The van der Waals surface area contributed by atoms with E-state index in [0.29, 0.717) is 18.8 Å². The highest BCUT2D eigenvalue weighted by atomic mass is 127. The first-order valence-electron chi connectivity index (χ1n) is 7.90. The van der Waals surface area contributed by atoms with Crippen molar-refractivity contribution in [3.63, 3.8) is 0 Å². The summed E-state index contributed by atoms with van der Waals surface area (Å²) in [5, 5.41) is 0. The minimum atomic E-state index is -0.322. The van der Waals surface area contributed by atoms with Crippen molar-refractivity contribution in [2.75, 3.05) is 20.2 Å². The van der Waals surface area contributed by atoms with Crippen LogP contribution in [-0.2, 0) is 4.74 Å². The molecule has 0 aliphatic carbocycles. The van der Waals surface area contributed by atoms with Gasteiger partial charge < -0.3 is 14.2 Å². The van der Waals surface area contributed by atoms with Gasteiger partial charge >= 0.3 is 5.97 Å². The number of likely N-dealkylation sites (tertiary alicyclic amines) is 1. The Morgan fingerprint density at radius 2 is 1.92 bits per heavy atom. The molecule has 0 spiro atoms. The average Bonchev–Trinajstić information content (AvgIpc) is 3.10. The van der Waals surface area contributed by atoms with Crippen molar-refractivity contribution in [2.45, 2.75) is 18.9 Å². The topological polar surface area (TPSA) is 51.5 Å². The summed E-state index contributed by atoms with van der Waals surface area (Å²) in [6.07, 6.45) is 3.57. The van der Waals surface area contributed by atoms with Crippen molar-refractivity contribution < 1.29 is 14.3 Å². The number of ether oxygens (including phenoxy) is 1. The zero-order valence-corrected chi connectivity index (χ0v) is 15.6. The molecular formula is C18H19IN2O3. The van der Waals surface area contributed by atoms with Gasteiger partial charge in [0.1, 0.15) is 5.69 Å². The van der Waals surface area contributed by atoms with Gasteiger partial charge in [0.05, 0.1) is 7.11 Å². The van der Waals surface area contributed by atoms with Crippen molar-refractivity contribution in [1.29, 1.82) is 0 Å². The van der Waals surface area contributed by atoms with Crippen LogP contribution in [0.15, 0.2) is 42.6 Å². The Morgan fingerprint density at radius 3 is 2.58 bits per heavy atom. The van der Waals surface area contributed by atoms with E-state index in [1.54, 1.807) is 6.07 Å². The highest BCUT2D eigenvalue weighted by Crippen LogP contribution is 2.26. The molecule has 0 saturated carbocycles. The Morgan fingerprint density at radius 1 is 1.17 bits per heavy atom. The monoisotopic (exact) mass is 438 g/mol. The number of benzene rings is 1. The second kappa shape index (κ2) is 7.38. The predicted molar refractivity (Wildman–Crippen MR) is 99.1 cm³/mol. The molecule has 5 nitrogen and oxygen atoms in total. The summed E-state index contributed by atoms with van der Waals surface area (Å²) in [4.78, 5) is 26.3. The maximum absolute atomic E-state index is 12.6. The number of esters is 1. The average molecular weight is 438 g/mol. The van der Waals surface area contributed by atoms with Crippen LogP contribution in [0.1, 0.15) is 39.7 Å². The fourth-order valence-electron chi connectivity index (χ4n) is 3.14. The van der Waals surface area contributed by atoms with Gasteiger partial charge in [0.15, 0.2) is 0 Å². The number of halogens is 1. The number of methoxy groups -OCH3 is 1. The third-order valence-corrected chi connectivity index (χ3v) is 5.06. The summed E-state index contributed by atoms with van der Waals surface area (Å²) in [6.45, 7) is 1.38. The van der Waals surface area contributed by atoms with Gasteiger partial charge in [-0.1, -0.05) is 6.07 Å². The Hall–Kier alpha value is -1.83. The van der Waals surface area contributed by atoms with Crippen molar-refractivity contribution in [1.82, 2.24) is 9.47 Å². The van der Waals surface area contributed by atoms with Crippen LogP contribution in [0.4, 0.5) is 0 Å². The minimum absolute atomic E-state index is 0.0765. The molecule has 2 heterocycles. The van der Waals surface area contributed by atoms with Gasteiger partial charge in [-0.25, -0.2) is 4.79 Å². The Kier molecular flexibility index (Phi) is 5.23. The maximum atomic E-state index is 12.6. The Labute approximate surface area is 154 Å². The smallest absolute Gasteiger partial charge is 0.354 e. The maximum Gasteiger partial charge on any atom is 0.354 e. The summed E-state index contributed by atoms with van der Waals surface area (Å²) in [6, 6.07) is 11.5. The van der Waals surface area contributed by atoms with Gasteiger partial charge in [0.2, 0.25) is 0 Å². The first-order valence-corrected chi connectivity index (χ1v) is 8.98. The lowest BCUT2D eigenvalue weighted by Crippen LogP contribution is -2.39. The lowest BCUT2D eigenvalue weighted by atomic mass is 10.0. The van der Waals surface area contributed by atoms with E-state index in [-0.39, 0.29) is 17.9 Å². The largest absolute Gasteiger partial charge is 0.464 e. The third-order valence-electron chi connectivity index (χ3n) is 4.39. The van der Waals surface area contributed by atoms with E-state index in [4.69, 9.17) is 4.74 Å². The van der Waals surface area contributed by atoms with Gasteiger partial charge in [-0.15, -0.1) is 0 Å². The van der Waals surface area contributed by atoms with E-state index < -0.39 is 0 Å². The Balaban J connectivity index is 1.67. The van der Waals surface area contributed by atoms with Gasteiger partial charge in [-0.05, 0) is 65.8 Å². The summed E-state index contributed by atoms with van der Waals surface area (Å²) < 4.78 is 7.86. The lowest BCUT2D eigenvalue weighted by Gasteiger charge is -2.33. The quantitative estimate of drug-likeness (QED) is 0.546. The van der Waals surface area contributed by atoms with Crippen LogP contribution in [-0.4, -0.2) is 41.5 Å². The first-order chi connectivity index (χ1) is 11.6. The Bertz CT molecular complexity index is 748. The number of nitrogens with zero attached hydrogens (tertiary/aromatic N) is 2. The highest BCUT2D eigenvalue weighted by molar-refractivity contribution is 14.1. The number of aromatic nitrogens is 1. The van der Waals surface area contributed by atoms with E-state index >= 15 is 0 Å². The van der Waals surface area contributed by atoms with Crippen LogP contribution in [0.3, 0.4) is 0 Å². The van der Waals surface area contributed by atoms with Crippen LogP contribution in [0, 0.1) is 3.57 Å². The van der Waals surface area contributed by atoms with Crippen LogP contribution >= 0.6 is 22.6 Å². The van der Waals surface area contributed by atoms with E-state index in [9.17, 15) is 9.59 Å². The molecule has 1 amide bonds. The van der Waals surface area contributed by atoms with E-state index in [2.05, 4.69) is 22.6 Å². The van der Waals surface area contributed by atoms with E-state index in [1.165, 1.54) is 7.11 Å². The van der Waals surface area contributed by atoms with Crippen LogP contribution in [0.2, 0.25) is 0 Å². The number of carbonyl (C=O) groups excluding carboxylic acids is 2. The second-order valence-corrected chi connectivity index (χ2v) is 7.07. The molecular weight excluding hydrogens is 419 g/mol. The molecule has 6 heteroatoms. The van der Waals surface area contributed by atoms with E-state index in [1.807, 2.05) is 46.0 Å². The fourth-order valence-corrected chi connectivity index (χ4v) is 3.68. The molecule has 0 unspecified atom stereocenters. The zero-order chi connectivity index (χ0) is 17.1. The molecule has 2 aromatic rings. The van der Waals surface area contributed by atoms with Crippen LogP contribution in [0.5, 0.6) is 0 Å². The van der Waals surface area contributed by atoms with Gasteiger partial charge in [-0.3, -0.25) is 4.79 Å². The van der Waals surface area contributed by atoms with Gasteiger partial charge in [-0.2, -0.15) is 0 Å². The first kappa shape index (κ1) is 17.0. The number of amides is 1. The number of rotatable bonds is 3. The molecule has 1 aromatic heterocycles. The molecule has 0 bridgehead atoms. The molecule has 1 fully saturated rings. The fraction of sp³-hybridized carbons (Fsp3) is 0.333. The zero-order valence-electron chi connectivity index (χ0n) is 13.4. The summed E-state index contributed by atoms with van der Waals surface area (Å²) in [5.74, 6) is -0.245. The minimum Gasteiger partial charge on any atom is -0.464 e. The number of hydrogen-bond donors (Lipinski definition) is 0. The molecule has 1 aliphatic heterocycles. The standard InChI is InChI=1S/C18H19IN2O3/c1-24-18(23)16-6-3-9-21(16)15-7-10-20(11-8-15)17(22)13-4-2-5-14(19)12-13/h2-6,9,12,15H,7-8,10-11H2,1H3. The van der Waals surface area contributed by atoms with Gasteiger partial charge in [0.25, 0.3) is 5.91 Å². The number of carbonyl (C=O) groups is 2. The predicted octanol–water partition coefficient (Wildman–Crippen LogP) is 3.36. The summed E-state index contributed by atoms with van der Waals surface area (Å²) >= 11 is 2.22. The second-order valence-electron chi connectivity index (χ2n) is 5.83. The van der Waals surface area contributed by atoms with E-state index in [0.717, 1.165) is 22.0 Å². The third kappa shape index (κ3) is 3.48. The molecule has 1 aliphatic rings. The summed E-state index contributed by atoms with van der Waals surface area (Å²) in [5.41, 5.74) is 1.30. The molecule has 24 heavy (non-hydrogen) atoms. The molecule has 0 atom stereocenters. The van der Waals surface area contributed by atoms with Crippen molar-refractivity contribution >= 4 is 34.5 Å². The molecule has 0 N–H and O–H groups in total. The lowest BCUT2D eigenvalue weighted by molar-refractivity contribution is 0.0573. The normalized spacial score (nSPS) is 15.3. The van der Waals surface area contributed by atoms with Crippen molar-refractivity contribution in [3.8, 4) is 0 Å². The van der Waals surface area contributed by atoms with Crippen molar-refractivity contribution in [3.05, 3.63) is 57.4 Å². The molecule has 0 radical (unpaired) electrons. The SMILES string of the molecule is COC(=O)c1cccn1C1CCN(C(=O)c2cccc(I)c2)CC1. The van der Waals surface area contributed by atoms with Gasteiger partial charge in [0, 0.05) is 34.5 Å². The van der Waals surface area contributed by atoms with Crippen LogP contribution in [0.25, 0.3) is 0 Å². The van der Waals surface area contributed by atoms with Crippen molar-refractivity contribution in [2.24, 2.45) is 0 Å². The molecule has 126 valence electrons. The van der Waals surface area contributed by atoms with Crippen LogP contribution < -0.4 is 0 Å².